The molecule has 2 fully saturated rings. The molecule has 0 spiro atoms. The number of nitrogens with zero attached hydrogens (tertiary/aromatic N) is 4. The Kier molecular flexibility index (Phi) is 3.51. The molecule has 132 valence electrons. The summed E-state index contributed by atoms with van der Waals surface area (Å²) in [5.74, 6) is 3.32. The number of ether oxygens (including phenoxy) is 1. The van der Waals surface area contributed by atoms with Gasteiger partial charge in [-0.25, -0.2) is 9.67 Å². The third-order valence-electron chi connectivity index (χ3n) is 5.61. The molecule has 0 unspecified atom stereocenters. The van der Waals surface area contributed by atoms with Crippen LogP contribution in [-0.4, -0.2) is 32.4 Å². The van der Waals surface area contributed by atoms with Gasteiger partial charge in [-0.3, -0.25) is 0 Å². The van der Waals surface area contributed by atoms with Crippen molar-refractivity contribution in [1.82, 2.24) is 19.7 Å². The fourth-order valence-corrected chi connectivity index (χ4v) is 3.82. The minimum absolute atomic E-state index is 0.337. The van der Waals surface area contributed by atoms with E-state index in [1.165, 1.54) is 6.42 Å². The van der Waals surface area contributed by atoms with Crippen molar-refractivity contribution in [3.8, 4) is 5.75 Å². The molecule has 2 atom stereocenters. The van der Waals surface area contributed by atoms with Gasteiger partial charge < -0.3 is 15.4 Å². The monoisotopic (exact) mass is 360 g/mol. The van der Waals surface area contributed by atoms with Crippen LogP contribution in [0.3, 0.4) is 0 Å². The number of aryl methyl sites for hydroxylation is 1. The molecule has 1 aliphatic heterocycles. The number of nitrogens with one attached hydrogen (secondary N) is 2. The van der Waals surface area contributed by atoms with Gasteiger partial charge in [-0.1, -0.05) is 11.6 Å². The van der Waals surface area contributed by atoms with E-state index < -0.39 is 0 Å². The molecule has 3 heterocycles. The van der Waals surface area contributed by atoms with Gasteiger partial charge in [-0.2, -0.15) is 10.1 Å². The number of halogens is 1. The molecule has 2 aromatic rings. The highest BCUT2D eigenvalue weighted by Gasteiger charge is 2.34. The van der Waals surface area contributed by atoms with E-state index in [0.717, 1.165) is 42.9 Å². The van der Waals surface area contributed by atoms with Gasteiger partial charge in [0.15, 0.2) is 17.4 Å². The Morgan fingerprint density at radius 3 is 2.88 bits per heavy atom. The first kappa shape index (κ1) is 15.3. The Morgan fingerprint density at radius 1 is 1.28 bits per heavy atom. The van der Waals surface area contributed by atoms with E-state index in [4.69, 9.17) is 21.4 Å². The lowest BCUT2D eigenvalue weighted by molar-refractivity contribution is 0.163. The van der Waals surface area contributed by atoms with E-state index in [1.54, 1.807) is 6.20 Å². The zero-order valence-electron chi connectivity index (χ0n) is 14.1. The third-order valence-corrected chi connectivity index (χ3v) is 5.88. The SMILES string of the molecule is Cc1nn(C2CCC2)c2c1OC[C@@H]1CC[C@@H]1Nc1nc(ncc1Cl)N2. The molecule has 2 N–H and O–H groups in total. The highest BCUT2D eigenvalue weighted by molar-refractivity contribution is 6.32. The summed E-state index contributed by atoms with van der Waals surface area (Å²) >= 11 is 6.28. The highest BCUT2D eigenvalue weighted by atomic mass is 35.5. The molecule has 2 bridgehead atoms. The summed E-state index contributed by atoms with van der Waals surface area (Å²) in [7, 11) is 0. The van der Waals surface area contributed by atoms with Crippen molar-refractivity contribution in [2.45, 2.75) is 51.1 Å². The first-order chi connectivity index (χ1) is 12.2. The van der Waals surface area contributed by atoms with E-state index in [1.807, 2.05) is 6.92 Å². The maximum Gasteiger partial charge on any atom is 0.230 e. The van der Waals surface area contributed by atoms with Crippen molar-refractivity contribution >= 4 is 29.2 Å². The van der Waals surface area contributed by atoms with Gasteiger partial charge in [-0.15, -0.1) is 0 Å². The summed E-state index contributed by atoms with van der Waals surface area (Å²) in [6.45, 7) is 2.67. The molecule has 2 aromatic heterocycles. The molecule has 3 aliphatic rings. The van der Waals surface area contributed by atoms with Gasteiger partial charge in [0.1, 0.15) is 10.7 Å². The Labute approximate surface area is 151 Å². The fourth-order valence-electron chi connectivity index (χ4n) is 3.67. The summed E-state index contributed by atoms with van der Waals surface area (Å²) in [4.78, 5) is 8.92. The molecule has 2 aliphatic carbocycles. The van der Waals surface area contributed by atoms with Crippen molar-refractivity contribution in [2.24, 2.45) is 5.92 Å². The predicted molar refractivity (Wildman–Crippen MR) is 95.8 cm³/mol. The quantitative estimate of drug-likeness (QED) is 0.807. The van der Waals surface area contributed by atoms with Gasteiger partial charge in [0, 0.05) is 12.0 Å². The lowest BCUT2D eigenvalue weighted by Gasteiger charge is -2.37. The molecule has 0 amide bonds. The normalized spacial score (nSPS) is 25.0. The Morgan fingerprint density at radius 2 is 2.16 bits per heavy atom. The smallest absolute Gasteiger partial charge is 0.230 e. The highest BCUT2D eigenvalue weighted by Crippen LogP contribution is 2.41. The summed E-state index contributed by atoms with van der Waals surface area (Å²) in [6.07, 6.45) is 7.43. The second-order valence-corrected chi connectivity index (χ2v) is 7.61. The fraction of sp³-hybridized carbons (Fsp3) is 0.588. The second kappa shape index (κ2) is 5.76. The lowest BCUT2D eigenvalue weighted by Crippen LogP contribution is -2.41. The van der Waals surface area contributed by atoms with Gasteiger partial charge in [0.05, 0.1) is 18.8 Å². The lowest BCUT2D eigenvalue weighted by atomic mass is 9.80. The van der Waals surface area contributed by atoms with Crippen LogP contribution in [0.1, 0.15) is 43.8 Å². The number of aromatic nitrogens is 4. The summed E-state index contributed by atoms with van der Waals surface area (Å²) in [6, 6.07) is 0.758. The second-order valence-electron chi connectivity index (χ2n) is 7.21. The van der Waals surface area contributed by atoms with Gasteiger partial charge >= 0.3 is 0 Å². The van der Waals surface area contributed by atoms with Crippen LogP contribution in [0.2, 0.25) is 5.02 Å². The van der Waals surface area contributed by atoms with Crippen molar-refractivity contribution < 1.29 is 4.74 Å². The molecule has 0 aromatic carbocycles. The largest absolute Gasteiger partial charge is 0.487 e. The average Bonchev–Trinajstić information content (AvgIpc) is 2.80. The van der Waals surface area contributed by atoms with E-state index >= 15 is 0 Å². The average molecular weight is 361 g/mol. The Hall–Kier alpha value is -2.02. The maximum absolute atomic E-state index is 6.28. The topological polar surface area (TPSA) is 76.9 Å². The van der Waals surface area contributed by atoms with Crippen molar-refractivity contribution in [3.05, 3.63) is 16.9 Å². The van der Waals surface area contributed by atoms with E-state index in [0.29, 0.717) is 41.4 Å². The number of anilines is 3. The van der Waals surface area contributed by atoms with E-state index in [2.05, 4.69) is 25.3 Å². The molecule has 25 heavy (non-hydrogen) atoms. The van der Waals surface area contributed by atoms with Crippen molar-refractivity contribution in [2.75, 3.05) is 17.2 Å². The summed E-state index contributed by atoms with van der Waals surface area (Å²) in [5, 5.41) is 12.1. The van der Waals surface area contributed by atoms with E-state index in [-0.39, 0.29) is 0 Å². The Bertz CT molecular complexity index is 818. The number of rotatable bonds is 1. The summed E-state index contributed by atoms with van der Waals surface area (Å²) < 4.78 is 8.27. The maximum atomic E-state index is 6.28. The van der Waals surface area contributed by atoms with Crippen molar-refractivity contribution in [1.29, 1.82) is 0 Å². The van der Waals surface area contributed by atoms with Crippen LogP contribution in [0, 0.1) is 12.8 Å². The molecular weight excluding hydrogens is 340 g/mol. The molecule has 0 radical (unpaired) electrons. The minimum atomic E-state index is 0.337. The van der Waals surface area contributed by atoms with Crippen LogP contribution in [0.4, 0.5) is 17.6 Å². The Balaban J connectivity index is 1.59. The van der Waals surface area contributed by atoms with Crippen LogP contribution >= 0.6 is 11.6 Å². The van der Waals surface area contributed by atoms with Crippen molar-refractivity contribution in [3.63, 3.8) is 0 Å². The molecule has 0 saturated heterocycles. The number of hydrogen-bond donors (Lipinski definition) is 2. The predicted octanol–water partition coefficient (Wildman–Crippen LogP) is 3.69. The van der Waals surface area contributed by atoms with E-state index in [9.17, 15) is 0 Å². The molecular formula is C17H21ClN6O. The zero-order chi connectivity index (χ0) is 17.0. The standard InChI is InChI=1S/C17H21ClN6O/c1-9-14-16(24(23-9)11-3-2-4-11)22-17-19-7-12(18)15(21-17)20-13-6-5-10(13)8-25-14/h7,10-11,13H,2-6,8H2,1H3,(H2,19,20,21,22)/t10-,13-/m0/s1. The number of fused-ring (bicyclic) bond motifs is 4. The van der Waals surface area contributed by atoms with Gasteiger partial charge in [0.2, 0.25) is 5.95 Å². The van der Waals surface area contributed by atoms with Crippen LogP contribution in [0.25, 0.3) is 0 Å². The van der Waals surface area contributed by atoms with Crippen LogP contribution < -0.4 is 15.4 Å². The van der Waals surface area contributed by atoms with Crippen LogP contribution in [-0.2, 0) is 0 Å². The minimum Gasteiger partial charge on any atom is -0.487 e. The molecule has 8 heteroatoms. The van der Waals surface area contributed by atoms with Gasteiger partial charge in [0.25, 0.3) is 0 Å². The number of hydrogen-bond acceptors (Lipinski definition) is 6. The molecule has 2 saturated carbocycles. The molecule has 5 rings (SSSR count). The zero-order valence-corrected chi connectivity index (χ0v) is 14.9. The van der Waals surface area contributed by atoms with Crippen LogP contribution in [0.5, 0.6) is 5.75 Å². The van der Waals surface area contributed by atoms with Gasteiger partial charge in [-0.05, 0) is 39.0 Å². The first-order valence-electron chi connectivity index (χ1n) is 8.97. The third kappa shape index (κ3) is 2.52. The molecule has 7 nitrogen and oxygen atoms in total. The summed E-state index contributed by atoms with van der Waals surface area (Å²) in [5.41, 5.74) is 0.909. The first-order valence-corrected chi connectivity index (χ1v) is 9.35. The van der Waals surface area contributed by atoms with Crippen LogP contribution in [0.15, 0.2) is 6.20 Å².